The minimum absolute atomic E-state index is 0. The molecule has 0 radical (unpaired) electrons. The molecular formula is C22H42BaO4. The number of carbonyl (C=O) groups excluding carboxylic acids is 4. The molecule has 5 heteroatoms. The molecule has 0 saturated heterocycles. The molecule has 0 heterocycles. The Bertz CT molecular complexity index is 435. The topological polar surface area (TPSA) is 68.3 Å². The summed E-state index contributed by atoms with van der Waals surface area (Å²) in [7, 11) is 0. The second-order valence-corrected chi connectivity index (χ2v) is 11.0. The number of hydrogen-bond acceptors (Lipinski definition) is 4. The van der Waals surface area contributed by atoms with Gasteiger partial charge in [0.2, 0.25) is 0 Å². The molecule has 0 aliphatic carbocycles. The minimum atomic E-state index is -0.402. The average molecular weight is 508 g/mol. The second-order valence-electron chi connectivity index (χ2n) is 11.0. The molecule has 0 aliphatic rings. The van der Waals surface area contributed by atoms with Crippen molar-refractivity contribution >= 4 is 72.0 Å². The number of rotatable bonds is 4. The van der Waals surface area contributed by atoms with Crippen LogP contribution in [0.3, 0.4) is 0 Å². The Kier molecular flexibility index (Phi) is 13.5. The van der Waals surface area contributed by atoms with Crippen molar-refractivity contribution in [3.63, 3.8) is 0 Å². The molecule has 0 N–H and O–H groups in total. The van der Waals surface area contributed by atoms with Crippen LogP contribution in [0.1, 0.15) is 95.9 Å². The number of hydrogen-bond donors (Lipinski definition) is 0. The fourth-order valence-electron chi connectivity index (χ4n) is 1.35. The molecule has 0 aromatic rings. The summed E-state index contributed by atoms with van der Waals surface area (Å²) >= 11 is 0. The third kappa shape index (κ3) is 14.8. The van der Waals surface area contributed by atoms with Gasteiger partial charge in [-0.3, -0.25) is 19.2 Å². The summed E-state index contributed by atoms with van der Waals surface area (Å²) in [6.07, 6.45) is 0.125. The van der Waals surface area contributed by atoms with E-state index < -0.39 is 21.7 Å². The Morgan fingerprint density at radius 3 is 0.593 bits per heavy atom. The van der Waals surface area contributed by atoms with E-state index in [1.165, 1.54) is 0 Å². The third-order valence-corrected chi connectivity index (χ3v) is 3.99. The van der Waals surface area contributed by atoms with Crippen LogP contribution < -0.4 is 0 Å². The molecule has 0 amide bonds. The van der Waals surface area contributed by atoms with Crippen LogP contribution in [0.25, 0.3) is 0 Å². The van der Waals surface area contributed by atoms with E-state index in [9.17, 15) is 19.2 Å². The van der Waals surface area contributed by atoms with Gasteiger partial charge in [0.05, 0.1) is 12.8 Å². The second kappa shape index (κ2) is 11.4. The van der Waals surface area contributed by atoms with E-state index in [0.29, 0.717) is 0 Å². The fraction of sp³-hybridized carbons (Fsp3) is 0.818. The zero-order valence-corrected chi connectivity index (χ0v) is 19.0. The Hall–Kier alpha value is 0.251. The zero-order valence-electron chi connectivity index (χ0n) is 19.0. The maximum atomic E-state index is 11.5. The molecule has 0 saturated carbocycles. The fourth-order valence-corrected chi connectivity index (χ4v) is 1.35. The molecule has 4 nitrogen and oxygen atoms in total. The first-order valence-corrected chi connectivity index (χ1v) is 9.23. The van der Waals surface area contributed by atoms with Crippen molar-refractivity contribution in [2.24, 2.45) is 21.7 Å². The molecule has 0 unspecified atom stereocenters. The first kappa shape index (κ1) is 31.9. The summed E-state index contributed by atoms with van der Waals surface area (Å²) in [4.78, 5) is 46.0. The molecule has 0 spiro atoms. The van der Waals surface area contributed by atoms with Gasteiger partial charge >= 0.3 is 48.9 Å². The van der Waals surface area contributed by atoms with E-state index in [0.717, 1.165) is 0 Å². The zero-order chi connectivity index (χ0) is 21.7. The summed E-state index contributed by atoms with van der Waals surface area (Å²) in [6.45, 7) is 22.1. The van der Waals surface area contributed by atoms with Crippen LogP contribution in [0.15, 0.2) is 0 Å². The number of ketones is 4. The standard InChI is InChI=1S/2C11H20O2.Ba.2H/c2*1-10(2,3)8(12)7-9(13)11(4,5)6;;;/h2*7H2,1-6H3;;;. The first-order valence-electron chi connectivity index (χ1n) is 9.23. The first-order chi connectivity index (χ1) is 11.1. The Morgan fingerprint density at radius 2 is 0.519 bits per heavy atom. The van der Waals surface area contributed by atoms with Gasteiger partial charge in [0.15, 0.2) is 0 Å². The Balaban J connectivity index is -0.000000411. The average Bonchev–Trinajstić information content (AvgIpc) is 2.34. The monoisotopic (exact) mass is 508 g/mol. The molecule has 156 valence electrons. The summed E-state index contributed by atoms with van der Waals surface area (Å²) in [6, 6.07) is 0. The Labute approximate surface area is 207 Å². The quantitative estimate of drug-likeness (QED) is 0.420. The summed E-state index contributed by atoms with van der Waals surface area (Å²) in [5.41, 5.74) is -1.61. The summed E-state index contributed by atoms with van der Waals surface area (Å²) in [5, 5.41) is 0. The van der Waals surface area contributed by atoms with Crippen molar-refractivity contribution in [3.8, 4) is 0 Å². The molecule has 0 aromatic heterocycles. The number of Topliss-reactive ketones (excluding diaryl/α,β-unsaturated/α-hetero) is 4. The van der Waals surface area contributed by atoms with E-state index >= 15 is 0 Å². The third-order valence-electron chi connectivity index (χ3n) is 3.99. The van der Waals surface area contributed by atoms with Gasteiger partial charge in [0, 0.05) is 21.7 Å². The van der Waals surface area contributed by atoms with Crippen molar-refractivity contribution in [2.75, 3.05) is 0 Å². The van der Waals surface area contributed by atoms with Gasteiger partial charge in [0.1, 0.15) is 23.1 Å². The van der Waals surface area contributed by atoms with E-state index in [1.54, 1.807) is 0 Å². The number of carbonyl (C=O) groups is 4. The van der Waals surface area contributed by atoms with Gasteiger partial charge in [-0.25, -0.2) is 0 Å². The van der Waals surface area contributed by atoms with E-state index in [2.05, 4.69) is 0 Å². The normalized spacial score (nSPS) is 12.3. The molecule has 0 rings (SSSR count). The predicted molar refractivity (Wildman–Crippen MR) is 116 cm³/mol. The predicted octanol–water partition coefficient (Wildman–Crippen LogP) is 4.30. The van der Waals surface area contributed by atoms with Crippen LogP contribution in [-0.4, -0.2) is 72.0 Å². The van der Waals surface area contributed by atoms with E-state index in [1.807, 2.05) is 83.1 Å². The van der Waals surface area contributed by atoms with Crippen LogP contribution in [0.5, 0.6) is 0 Å². The van der Waals surface area contributed by atoms with Crippen molar-refractivity contribution in [1.29, 1.82) is 0 Å². The van der Waals surface area contributed by atoms with Crippen molar-refractivity contribution in [3.05, 3.63) is 0 Å². The van der Waals surface area contributed by atoms with Gasteiger partial charge in [0.25, 0.3) is 0 Å². The molecule has 0 atom stereocenters. The van der Waals surface area contributed by atoms with Gasteiger partial charge in [-0.05, 0) is 0 Å². The summed E-state index contributed by atoms with van der Waals surface area (Å²) < 4.78 is 0. The molecular weight excluding hydrogens is 466 g/mol. The molecule has 0 aliphatic heterocycles. The molecule has 0 aromatic carbocycles. The van der Waals surface area contributed by atoms with Crippen molar-refractivity contribution in [1.82, 2.24) is 0 Å². The van der Waals surface area contributed by atoms with Gasteiger partial charge in [-0.2, -0.15) is 0 Å². The van der Waals surface area contributed by atoms with Gasteiger partial charge in [-0.15, -0.1) is 0 Å². The van der Waals surface area contributed by atoms with Gasteiger partial charge in [-0.1, -0.05) is 83.1 Å². The van der Waals surface area contributed by atoms with Crippen LogP contribution in [-0.2, 0) is 19.2 Å². The summed E-state index contributed by atoms with van der Waals surface area (Å²) in [5.74, 6) is 0.0831. The molecule has 0 bridgehead atoms. The van der Waals surface area contributed by atoms with Crippen LogP contribution in [0, 0.1) is 21.7 Å². The van der Waals surface area contributed by atoms with E-state index in [-0.39, 0.29) is 84.9 Å². The van der Waals surface area contributed by atoms with Crippen molar-refractivity contribution < 1.29 is 19.2 Å². The molecule has 27 heavy (non-hydrogen) atoms. The maximum absolute atomic E-state index is 11.5. The Morgan fingerprint density at radius 1 is 0.407 bits per heavy atom. The van der Waals surface area contributed by atoms with Crippen molar-refractivity contribution in [2.45, 2.75) is 95.9 Å². The van der Waals surface area contributed by atoms with Crippen LogP contribution >= 0.6 is 0 Å². The molecule has 0 fully saturated rings. The van der Waals surface area contributed by atoms with Crippen LogP contribution in [0.4, 0.5) is 0 Å². The van der Waals surface area contributed by atoms with E-state index in [4.69, 9.17) is 0 Å². The van der Waals surface area contributed by atoms with Crippen LogP contribution in [0.2, 0.25) is 0 Å². The van der Waals surface area contributed by atoms with Gasteiger partial charge < -0.3 is 0 Å². The SMILES string of the molecule is CC(C)(C)C(=O)CC(=O)C(C)(C)C.CC(C)(C)C(=O)CC(=O)C(C)(C)C.[BaH2].